The second kappa shape index (κ2) is 8.65. The summed E-state index contributed by atoms with van der Waals surface area (Å²) in [5, 5.41) is 0. The molecule has 0 aliphatic heterocycles. The van der Waals surface area contributed by atoms with Gasteiger partial charge in [-0.25, -0.2) is 0 Å². The maximum Gasteiger partial charge on any atom is 0.153 e. The normalized spacial score (nSPS) is 13.0. The third-order valence-corrected chi connectivity index (χ3v) is 15.9. The summed E-state index contributed by atoms with van der Waals surface area (Å²) in [6, 6.07) is 0. The summed E-state index contributed by atoms with van der Waals surface area (Å²) in [4.78, 5) is 0. The lowest BCUT2D eigenvalue weighted by molar-refractivity contribution is 0.794. The lowest BCUT2D eigenvalue weighted by atomic mass is 11.2. The first-order valence-corrected chi connectivity index (χ1v) is 19.7. The van der Waals surface area contributed by atoms with Gasteiger partial charge in [0.05, 0.1) is 0 Å². The molecule has 0 bridgehead atoms. The van der Waals surface area contributed by atoms with Crippen molar-refractivity contribution < 1.29 is 0 Å². The first-order valence-electron chi connectivity index (χ1n) is 7.41. The van der Waals surface area contributed by atoms with E-state index in [1.54, 1.807) is 0 Å². The molecule has 1 N–H and O–H groups in total. The number of rotatable bonds is 6. The largest absolute Gasteiger partial charge is 0.360 e. The van der Waals surface area contributed by atoms with Crippen LogP contribution in [0.1, 0.15) is 0 Å². The van der Waals surface area contributed by atoms with Crippen molar-refractivity contribution in [2.24, 2.45) is 0 Å². The summed E-state index contributed by atoms with van der Waals surface area (Å²) < 4.78 is 6.24. The molecule has 0 radical (unpaired) electrons. The quantitative estimate of drug-likeness (QED) is 0.726. The minimum absolute atomic E-state index is 0.981. The Kier molecular flexibility index (Phi) is 9.75. The lowest BCUT2D eigenvalue weighted by Crippen LogP contribution is -2.55. The van der Waals surface area contributed by atoms with Gasteiger partial charge in [0.25, 0.3) is 0 Å². The van der Waals surface area contributed by atoms with E-state index in [0.29, 0.717) is 0 Å². The van der Waals surface area contributed by atoms with Gasteiger partial charge in [-0.1, -0.05) is 70.3 Å². The summed E-state index contributed by atoms with van der Waals surface area (Å²) in [7, 11) is -1.86. The van der Waals surface area contributed by atoms with Crippen molar-refractivity contribution in [1.82, 2.24) is 8.88 Å². The van der Waals surface area contributed by atoms with E-state index in [1.165, 1.54) is 0 Å². The second-order valence-corrected chi connectivity index (χ2v) is 26.6. The predicted octanol–water partition coefficient (Wildman–Crippen LogP) is 4.17. The smallest absolute Gasteiger partial charge is 0.153 e. The molecule has 20 heavy (non-hydrogen) atoms. The van der Waals surface area contributed by atoms with Crippen molar-refractivity contribution in [3.8, 4) is 0 Å². The summed E-state index contributed by atoms with van der Waals surface area (Å²) in [6.45, 7) is 28.8. The van der Waals surface area contributed by atoms with Crippen molar-refractivity contribution in [1.29, 1.82) is 0 Å². The van der Waals surface area contributed by atoms with Gasteiger partial charge in [-0.3, -0.25) is 0 Å². The molecule has 6 heteroatoms. The molecular formula is C14H38N2Si4. The van der Waals surface area contributed by atoms with Crippen LogP contribution in [0.2, 0.25) is 58.9 Å². The lowest BCUT2D eigenvalue weighted by Gasteiger charge is -2.33. The molecule has 0 fully saturated rings. The molecule has 0 saturated heterocycles. The first kappa shape index (κ1) is 22.5. The van der Waals surface area contributed by atoms with Crippen LogP contribution in [0.3, 0.4) is 0 Å². The average molecular weight is 347 g/mol. The van der Waals surface area contributed by atoms with Crippen LogP contribution in [0.4, 0.5) is 0 Å². The van der Waals surface area contributed by atoms with Crippen molar-refractivity contribution in [2.45, 2.75) is 58.9 Å². The van der Waals surface area contributed by atoms with Crippen LogP contribution in [0.25, 0.3) is 0 Å². The van der Waals surface area contributed by atoms with Crippen molar-refractivity contribution in [2.75, 3.05) is 7.05 Å². The first-order chi connectivity index (χ1) is 8.64. The highest BCUT2D eigenvalue weighted by Gasteiger charge is 2.24. The molecule has 0 rings (SSSR count). The zero-order valence-corrected chi connectivity index (χ0v) is 19.7. The number of nitrogens with one attached hydrogen (secondary N) is 1. The van der Waals surface area contributed by atoms with E-state index >= 15 is 0 Å². The Morgan fingerprint density at radius 1 is 0.800 bits per heavy atom. The molecule has 0 aromatic heterocycles. The van der Waals surface area contributed by atoms with Gasteiger partial charge in [-0.15, -0.1) is 13.2 Å². The average Bonchev–Trinajstić information content (AvgIpc) is 2.12. The van der Waals surface area contributed by atoms with E-state index in [1.807, 2.05) is 0 Å². The maximum absolute atomic E-state index is 3.84. The fourth-order valence-electron chi connectivity index (χ4n) is 1.98. The third-order valence-electron chi connectivity index (χ3n) is 2.74. The molecule has 0 heterocycles. The maximum atomic E-state index is 3.84. The zero-order chi connectivity index (χ0) is 16.8. The minimum atomic E-state index is -1.11. The standard InChI is InChI=1S/C8H19NSi2.C6H19NSi2/c1-7-10(8-2)9(3)11(4,5)6;1-8(2,3)7-9(4,5)6/h7-8,10H,1-2H2,3-6H3;7H,1-6H3. The molecule has 2 nitrogen and oxygen atoms in total. The highest BCUT2D eigenvalue weighted by molar-refractivity contribution is 6.90. The van der Waals surface area contributed by atoms with Crippen LogP contribution in [0.5, 0.6) is 0 Å². The van der Waals surface area contributed by atoms with Gasteiger partial charge in [0.1, 0.15) is 24.7 Å². The highest BCUT2D eigenvalue weighted by Crippen LogP contribution is 2.09. The zero-order valence-electron chi connectivity index (χ0n) is 15.6. The topological polar surface area (TPSA) is 15.3 Å². The van der Waals surface area contributed by atoms with E-state index in [0.717, 1.165) is 0 Å². The van der Waals surface area contributed by atoms with Crippen LogP contribution in [-0.2, 0) is 0 Å². The molecule has 0 aliphatic carbocycles. The summed E-state index contributed by atoms with van der Waals surface area (Å²) in [5.74, 6) is 0. The molecule has 120 valence electrons. The third kappa shape index (κ3) is 13.3. The Hall–Kier alpha value is 0.268. The monoisotopic (exact) mass is 346 g/mol. The van der Waals surface area contributed by atoms with Gasteiger partial charge >= 0.3 is 0 Å². The summed E-state index contributed by atoms with van der Waals surface area (Å²) >= 11 is 0. The van der Waals surface area contributed by atoms with E-state index in [4.69, 9.17) is 0 Å². The van der Waals surface area contributed by atoms with Crippen LogP contribution >= 0.6 is 0 Å². The van der Waals surface area contributed by atoms with Crippen LogP contribution in [0.15, 0.2) is 24.6 Å². The molecule has 0 amide bonds. The molecule has 0 aromatic carbocycles. The van der Waals surface area contributed by atoms with E-state index in [9.17, 15) is 0 Å². The van der Waals surface area contributed by atoms with Crippen molar-refractivity contribution in [3.05, 3.63) is 24.6 Å². The van der Waals surface area contributed by atoms with Crippen LogP contribution < -0.4 is 4.65 Å². The SMILES string of the molecule is C=C[SiH](C=C)N(C)[Si](C)(C)C.C[Si](C)(C)N[Si](C)(C)C. The van der Waals surface area contributed by atoms with Gasteiger partial charge in [0.15, 0.2) is 8.96 Å². The fourth-order valence-corrected chi connectivity index (χ4v) is 16.0. The van der Waals surface area contributed by atoms with E-state index in [-0.39, 0.29) is 0 Å². The Bertz CT molecular complexity index is 278. The van der Waals surface area contributed by atoms with Gasteiger partial charge in [-0.2, -0.15) is 0 Å². The number of hydrogen-bond donors (Lipinski definition) is 1. The Labute approximate surface area is 133 Å². The minimum Gasteiger partial charge on any atom is -0.360 e. The highest BCUT2D eigenvalue weighted by atomic mass is 28.4. The number of nitrogens with zero attached hydrogens (tertiary/aromatic N) is 1. The van der Waals surface area contributed by atoms with Crippen LogP contribution in [0, 0.1) is 0 Å². The second-order valence-electron chi connectivity index (χ2n) is 8.37. The Balaban J connectivity index is 0. The molecule has 0 aromatic rings. The van der Waals surface area contributed by atoms with E-state index in [2.05, 4.69) is 99.4 Å². The molecule has 0 spiro atoms. The fraction of sp³-hybridized carbons (Fsp3) is 0.714. The van der Waals surface area contributed by atoms with E-state index < -0.39 is 33.7 Å². The predicted molar refractivity (Wildman–Crippen MR) is 108 cm³/mol. The van der Waals surface area contributed by atoms with Gasteiger partial charge in [0, 0.05) is 0 Å². The van der Waals surface area contributed by atoms with Crippen LogP contribution in [-0.4, -0.2) is 44.9 Å². The molecule has 0 aliphatic rings. The molecule has 0 atom stereocenters. The summed E-state index contributed by atoms with van der Waals surface area (Å²) in [5.41, 5.74) is 4.15. The van der Waals surface area contributed by atoms with Crippen molar-refractivity contribution >= 4 is 33.7 Å². The number of hydrogen-bond acceptors (Lipinski definition) is 2. The summed E-state index contributed by atoms with van der Waals surface area (Å²) in [6.07, 6.45) is 0. The van der Waals surface area contributed by atoms with Gasteiger partial charge in [0.2, 0.25) is 0 Å². The molecular weight excluding hydrogens is 309 g/mol. The molecule has 0 saturated carbocycles. The van der Waals surface area contributed by atoms with Gasteiger partial charge < -0.3 is 8.88 Å². The molecule has 0 unspecified atom stereocenters. The van der Waals surface area contributed by atoms with Gasteiger partial charge in [-0.05, 0) is 7.05 Å². The Morgan fingerprint density at radius 3 is 1.15 bits per heavy atom. The van der Waals surface area contributed by atoms with Crippen molar-refractivity contribution in [3.63, 3.8) is 0 Å². The Morgan fingerprint density at radius 2 is 1.10 bits per heavy atom.